The van der Waals surface area contributed by atoms with Crippen molar-refractivity contribution >= 4 is 34.2 Å². The van der Waals surface area contributed by atoms with Gasteiger partial charge < -0.3 is 9.63 Å². The summed E-state index contributed by atoms with van der Waals surface area (Å²) in [6.45, 7) is 3.68. The molecule has 5 heteroatoms. The predicted molar refractivity (Wildman–Crippen MR) is 85.0 cm³/mol. The maximum absolute atomic E-state index is 10.1. The monoisotopic (exact) mass is 319 g/mol. The van der Waals surface area contributed by atoms with Gasteiger partial charge in [-0.25, -0.2) is 0 Å². The normalized spacial score (nSPS) is 11.0. The van der Waals surface area contributed by atoms with E-state index in [1.807, 2.05) is 18.2 Å². The number of fused-ring (bicyclic) bond motifs is 1. The van der Waals surface area contributed by atoms with Gasteiger partial charge in [-0.2, -0.15) is 0 Å². The van der Waals surface area contributed by atoms with Gasteiger partial charge in [0.05, 0.1) is 15.4 Å². The van der Waals surface area contributed by atoms with E-state index in [1.54, 1.807) is 18.2 Å². The number of phenolic OH excluding ortho intramolecular Hbond substituents is 1. The first-order chi connectivity index (χ1) is 10.1. The highest BCUT2D eigenvalue weighted by molar-refractivity contribution is 6.34. The minimum atomic E-state index is -0.00840. The van der Waals surface area contributed by atoms with Crippen LogP contribution < -0.4 is 0 Å². The van der Waals surface area contributed by atoms with E-state index in [0.29, 0.717) is 33.7 Å². The van der Waals surface area contributed by atoms with Crippen LogP contribution in [0, 0.1) is 0 Å². The van der Waals surface area contributed by atoms with Crippen LogP contribution >= 0.6 is 23.2 Å². The van der Waals surface area contributed by atoms with Crippen molar-refractivity contribution in [1.29, 1.82) is 0 Å². The molecule has 0 aliphatic heterocycles. The zero-order valence-corrected chi connectivity index (χ0v) is 12.4. The second-order valence-corrected chi connectivity index (χ2v) is 5.38. The van der Waals surface area contributed by atoms with Gasteiger partial charge in [-0.05, 0) is 18.6 Å². The molecule has 0 bridgehead atoms. The van der Waals surface area contributed by atoms with E-state index in [0.717, 1.165) is 5.56 Å². The Hall–Kier alpha value is -1.97. The standard InChI is InChI=1S/C16H11Cl2NO2/c1-2-5-10-15(20)13(18)8-11-14(19-21-16(10)11)9-6-3-4-7-12(9)17/h2-4,6-8,20H,1,5H2. The summed E-state index contributed by atoms with van der Waals surface area (Å²) in [5, 5.41) is 15.7. The van der Waals surface area contributed by atoms with Crippen LogP contribution in [0.2, 0.25) is 10.0 Å². The highest BCUT2D eigenvalue weighted by atomic mass is 35.5. The van der Waals surface area contributed by atoms with Gasteiger partial charge in [-0.3, -0.25) is 0 Å². The van der Waals surface area contributed by atoms with Crippen LogP contribution in [0.1, 0.15) is 5.56 Å². The number of aromatic hydroxyl groups is 1. The van der Waals surface area contributed by atoms with Gasteiger partial charge in [0, 0.05) is 11.1 Å². The molecule has 3 nitrogen and oxygen atoms in total. The lowest BCUT2D eigenvalue weighted by Gasteiger charge is -2.05. The Bertz CT molecular complexity index is 840. The zero-order valence-electron chi connectivity index (χ0n) is 10.9. The summed E-state index contributed by atoms with van der Waals surface area (Å²) in [5.41, 5.74) is 2.41. The summed E-state index contributed by atoms with van der Waals surface area (Å²) in [7, 11) is 0. The largest absolute Gasteiger partial charge is 0.506 e. The molecule has 3 aromatic rings. The van der Waals surface area contributed by atoms with Crippen LogP contribution in [0.15, 0.2) is 47.5 Å². The molecule has 1 N–H and O–H groups in total. The lowest BCUT2D eigenvalue weighted by Crippen LogP contribution is -1.86. The number of hydrogen-bond donors (Lipinski definition) is 1. The Labute approximate surface area is 131 Å². The Balaban J connectivity index is 2.33. The summed E-state index contributed by atoms with van der Waals surface area (Å²) in [5.74, 6) is -0.00840. The Morgan fingerprint density at radius 2 is 2.00 bits per heavy atom. The van der Waals surface area contributed by atoms with Crippen LogP contribution in [-0.2, 0) is 6.42 Å². The van der Waals surface area contributed by atoms with Crippen LogP contribution in [0.25, 0.3) is 22.2 Å². The summed E-state index contributed by atoms with van der Waals surface area (Å²) < 4.78 is 5.40. The van der Waals surface area contributed by atoms with Gasteiger partial charge in [0.2, 0.25) is 0 Å². The molecule has 0 amide bonds. The number of aromatic nitrogens is 1. The van der Waals surface area contributed by atoms with E-state index in [2.05, 4.69) is 11.7 Å². The molecule has 0 aliphatic carbocycles. The minimum Gasteiger partial charge on any atom is -0.506 e. The van der Waals surface area contributed by atoms with Crippen molar-refractivity contribution < 1.29 is 9.63 Å². The Morgan fingerprint density at radius 3 is 2.71 bits per heavy atom. The van der Waals surface area contributed by atoms with Gasteiger partial charge in [0.1, 0.15) is 11.4 Å². The molecule has 0 saturated carbocycles. The van der Waals surface area contributed by atoms with Crippen LogP contribution in [0.5, 0.6) is 5.75 Å². The highest BCUT2D eigenvalue weighted by Gasteiger charge is 2.19. The van der Waals surface area contributed by atoms with Crippen molar-refractivity contribution in [2.45, 2.75) is 6.42 Å². The van der Waals surface area contributed by atoms with Gasteiger partial charge in [-0.1, -0.05) is 52.6 Å². The lowest BCUT2D eigenvalue weighted by atomic mass is 10.0. The SMILES string of the molecule is C=CCc1c(O)c(Cl)cc2c(-c3ccccc3Cl)noc12. The Morgan fingerprint density at radius 1 is 1.24 bits per heavy atom. The van der Waals surface area contributed by atoms with Gasteiger partial charge >= 0.3 is 0 Å². The molecule has 0 radical (unpaired) electrons. The van der Waals surface area contributed by atoms with Crippen molar-refractivity contribution in [2.75, 3.05) is 0 Å². The fourth-order valence-electron chi connectivity index (χ4n) is 2.28. The van der Waals surface area contributed by atoms with Crippen LogP contribution in [0.4, 0.5) is 0 Å². The maximum atomic E-state index is 10.1. The second kappa shape index (κ2) is 5.43. The number of hydrogen-bond acceptors (Lipinski definition) is 3. The first-order valence-electron chi connectivity index (χ1n) is 6.29. The zero-order chi connectivity index (χ0) is 15.0. The number of allylic oxidation sites excluding steroid dienone is 1. The second-order valence-electron chi connectivity index (χ2n) is 4.57. The van der Waals surface area contributed by atoms with E-state index in [1.165, 1.54) is 0 Å². The predicted octanol–water partition coefficient (Wildman–Crippen LogP) is 5.24. The maximum Gasteiger partial charge on any atom is 0.174 e. The van der Waals surface area contributed by atoms with Crippen molar-refractivity contribution in [2.24, 2.45) is 0 Å². The quantitative estimate of drug-likeness (QED) is 0.672. The first-order valence-corrected chi connectivity index (χ1v) is 7.04. The van der Waals surface area contributed by atoms with Crippen LogP contribution in [-0.4, -0.2) is 10.3 Å². The lowest BCUT2D eigenvalue weighted by molar-refractivity contribution is 0.446. The van der Waals surface area contributed by atoms with E-state index in [-0.39, 0.29) is 10.8 Å². The number of benzene rings is 2. The van der Waals surface area contributed by atoms with E-state index in [4.69, 9.17) is 27.7 Å². The fourth-order valence-corrected chi connectivity index (χ4v) is 2.73. The first kappa shape index (κ1) is 14.0. The molecule has 0 aliphatic rings. The molecule has 21 heavy (non-hydrogen) atoms. The highest BCUT2D eigenvalue weighted by Crippen LogP contribution is 2.40. The van der Waals surface area contributed by atoms with E-state index >= 15 is 0 Å². The summed E-state index contributed by atoms with van der Waals surface area (Å²) in [4.78, 5) is 0. The molecular formula is C16H11Cl2NO2. The minimum absolute atomic E-state index is 0.00840. The van der Waals surface area contributed by atoms with Crippen molar-refractivity contribution in [3.8, 4) is 17.0 Å². The van der Waals surface area contributed by atoms with Crippen molar-refractivity contribution in [3.63, 3.8) is 0 Å². The molecule has 3 rings (SSSR count). The van der Waals surface area contributed by atoms with Crippen molar-refractivity contribution in [1.82, 2.24) is 5.16 Å². The summed E-state index contributed by atoms with van der Waals surface area (Å²) in [6, 6.07) is 8.98. The number of halogens is 2. The van der Waals surface area contributed by atoms with E-state index in [9.17, 15) is 5.11 Å². The summed E-state index contributed by atoms with van der Waals surface area (Å²) in [6.07, 6.45) is 2.10. The molecule has 1 heterocycles. The Kier molecular flexibility index (Phi) is 3.62. The third-order valence-electron chi connectivity index (χ3n) is 3.26. The molecule has 2 aromatic carbocycles. The van der Waals surface area contributed by atoms with E-state index < -0.39 is 0 Å². The smallest absolute Gasteiger partial charge is 0.174 e. The average molecular weight is 320 g/mol. The number of rotatable bonds is 3. The molecular weight excluding hydrogens is 309 g/mol. The molecule has 0 unspecified atom stereocenters. The topological polar surface area (TPSA) is 46.3 Å². The molecule has 0 spiro atoms. The average Bonchev–Trinajstić information content (AvgIpc) is 2.87. The molecule has 0 atom stereocenters. The van der Waals surface area contributed by atoms with Gasteiger partial charge in [0.25, 0.3) is 0 Å². The molecule has 0 fully saturated rings. The third kappa shape index (κ3) is 2.28. The molecule has 0 saturated heterocycles. The van der Waals surface area contributed by atoms with Crippen molar-refractivity contribution in [3.05, 3.63) is 58.6 Å². The molecule has 106 valence electrons. The number of phenols is 1. The van der Waals surface area contributed by atoms with Gasteiger partial charge in [0.15, 0.2) is 5.58 Å². The third-order valence-corrected chi connectivity index (χ3v) is 3.88. The van der Waals surface area contributed by atoms with Crippen LogP contribution in [0.3, 0.4) is 0 Å². The fraction of sp³-hybridized carbons (Fsp3) is 0.0625. The number of nitrogens with zero attached hydrogens (tertiary/aromatic N) is 1. The van der Waals surface area contributed by atoms with Gasteiger partial charge in [-0.15, -0.1) is 6.58 Å². The summed E-state index contributed by atoms with van der Waals surface area (Å²) >= 11 is 12.3. The molecule has 1 aromatic heterocycles.